The van der Waals surface area contributed by atoms with Gasteiger partial charge in [0.05, 0.1) is 0 Å². The minimum atomic E-state index is -0.749. The molecule has 0 aliphatic heterocycles. The Balaban J connectivity index is 4.79. The third-order valence-electron chi connectivity index (χ3n) is 1.56. The van der Waals surface area contributed by atoms with Gasteiger partial charge in [-0.2, -0.15) is 0 Å². The maximum Gasteiger partial charge on any atom is 0.264 e. The molecular formula is C8H14N2O2. The zero-order chi connectivity index (χ0) is 9.89. The highest BCUT2D eigenvalue weighted by Crippen LogP contribution is 2.06. The molecule has 0 saturated carbocycles. The van der Waals surface area contributed by atoms with Crippen LogP contribution in [0.3, 0.4) is 0 Å². The molecule has 0 aromatic rings. The van der Waals surface area contributed by atoms with Crippen LogP contribution in [0.2, 0.25) is 0 Å². The van der Waals surface area contributed by atoms with Crippen molar-refractivity contribution < 1.29 is 9.59 Å². The van der Waals surface area contributed by atoms with Gasteiger partial charge in [-0.05, 0) is 6.92 Å². The number of carbonyl (C=O) groups excluding carboxylic acids is 2. The first kappa shape index (κ1) is 10.7. The van der Waals surface area contributed by atoms with Gasteiger partial charge in [-0.25, -0.2) is 0 Å². The Kier molecular flexibility index (Phi) is 3.47. The lowest BCUT2D eigenvalue weighted by molar-refractivity contribution is -0.119. The minimum absolute atomic E-state index is 0.145. The van der Waals surface area contributed by atoms with E-state index in [1.807, 2.05) is 0 Å². The Labute approximate surface area is 71.6 Å². The van der Waals surface area contributed by atoms with Crippen molar-refractivity contribution in [2.75, 3.05) is 0 Å². The van der Waals surface area contributed by atoms with Crippen molar-refractivity contribution in [2.45, 2.75) is 20.8 Å². The number of hydrogen-bond donors (Lipinski definition) is 2. The van der Waals surface area contributed by atoms with Crippen LogP contribution >= 0.6 is 0 Å². The maximum atomic E-state index is 11.2. The van der Waals surface area contributed by atoms with Crippen LogP contribution in [0.15, 0.2) is 11.3 Å². The highest BCUT2D eigenvalue weighted by molar-refractivity contribution is 6.04. The summed E-state index contributed by atoms with van der Waals surface area (Å²) in [4.78, 5) is 21.8. The van der Waals surface area contributed by atoms with E-state index < -0.39 is 5.91 Å². The summed E-state index contributed by atoms with van der Waals surface area (Å²) < 4.78 is 0. The van der Waals surface area contributed by atoms with Crippen molar-refractivity contribution in [1.82, 2.24) is 0 Å². The van der Waals surface area contributed by atoms with Crippen LogP contribution in [0.1, 0.15) is 20.8 Å². The summed E-state index contributed by atoms with van der Waals surface area (Å²) in [6, 6.07) is 0. The van der Waals surface area contributed by atoms with Crippen LogP contribution in [-0.4, -0.2) is 11.7 Å². The molecule has 0 fully saturated rings. The highest BCUT2D eigenvalue weighted by atomic mass is 16.1. The number of hydrogen-bond acceptors (Lipinski definition) is 3. The van der Waals surface area contributed by atoms with Gasteiger partial charge in [0.15, 0.2) is 5.78 Å². The van der Waals surface area contributed by atoms with Crippen LogP contribution < -0.4 is 11.5 Å². The molecule has 0 bridgehead atoms. The Morgan fingerprint density at radius 3 is 1.83 bits per heavy atom. The molecule has 4 heteroatoms. The predicted octanol–water partition coefficient (Wildman–Crippen LogP) is -0.0705. The largest absolute Gasteiger partial charge is 0.394 e. The summed E-state index contributed by atoms with van der Waals surface area (Å²) in [5.41, 5.74) is 10.3. The van der Waals surface area contributed by atoms with Gasteiger partial charge in [-0.15, -0.1) is 0 Å². The summed E-state index contributed by atoms with van der Waals surface area (Å²) in [6.07, 6.45) is 0. The second-order valence-electron chi connectivity index (χ2n) is 2.92. The average Bonchev–Trinajstić information content (AvgIpc) is 2.00. The molecule has 0 heterocycles. The molecule has 0 radical (unpaired) electrons. The van der Waals surface area contributed by atoms with E-state index in [1.54, 1.807) is 13.8 Å². The minimum Gasteiger partial charge on any atom is -0.394 e. The van der Waals surface area contributed by atoms with E-state index in [4.69, 9.17) is 11.5 Å². The third kappa shape index (κ3) is 2.38. The number of Topliss-reactive ketones (excluding diaryl/α,β-unsaturated/α-hetero) is 1. The van der Waals surface area contributed by atoms with Crippen LogP contribution in [0.5, 0.6) is 0 Å². The summed E-state index contributed by atoms with van der Waals surface area (Å²) in [6.45, 7) is 4.97. The molecule has 0 unspecified atom stereocenters. The van der Waals surface area contributed by atoms with Crippen molar-refractivity contribution in [1.29, 1.82) is 0 Å². The van der Waals surface area contributed by atoms with Crippen molar-refractivity contribution in [2.24, 2.45) is 17.4 Å². The Bertz CT molecular complexity index is 241. The standard InChI is InChI=1S/C8H14N2O2/c1-4(2)7(11)5(3)6(9)8(10)12/h4H,9H2,1-3H3,(H2,10,12). The number of ketones is 1. The van der Waals surface area contributed by atoms with Crippen LogP contribution in [0, 0.1) is 5.92 Å². The second kappa shape index (κ2) is 3.90. The molecule has 0 atom stereocenters. The van der Waals surface area contributed by atoms with E-state index in [2.05, 4.69) is 0 Å². The van der Waals surface area contributed by atoms with Crippen LogP contribution in [0.4, 0.5) is 0 Å². The summed E-state index contributed by atoms with van der Waals surface area (Å²) in [5, 5.41) is 0. The molecule has 4 nitrogen and oxygen atoms in total. The fourth-order valence-electron chi connectivity index (χ4n) is 0.751. The van der Waals surface area contributed by atoms with Crippen molar-refractivity contribution >= 4 is 11.7 Å². The van der Waals surface area contributed by atoms with Crippen LogP contribution in [0.25, 0.3) is 0 Å². The number of amides is 1. The van der Waals surface area contributed by atoms with Gasteiger partial charge >= 0.3 is 0 Å². The zero-order valence-corrected chi connectivity index (χ0v) is 7.55. The lowest BCUT2D eigenvalue weighted by atomic mass is 10.0. The lowest BCUT2D eigenvalue weighted by Gasteiger charge is -2.05. The van der Waals surface area contributed by atoms with Crippen molar-refractivity contribution in [3.63, 3.8) is 0 Å². The molecule has 0 spiro atoms. The molecule has 68 valence electrons. The number of nitrogens with two attached hydrogens (primary N) is 2. The van der Waals surface area contributed by atoms with Crippen molar-refractivity contribution in [3.8, 4) is 0 Å². The van der Waals surface area contributed by atoms with Gasteiger partial charge in [-0.1, -0.05) is 13.8 Å². The molecule has 0 aliphatic carbocycles. The Hall–Kier alpha value is -1.32. The zero-order valence-electron chi connectivity index (χ0n) is 7.55. The van der Waals surface area contributed by atoms with Gasteiger partial charge in [0, 0.05) is 11.5 Å². The van der Waals surface area contributed by atoms with Gasteiger partial charge in [0.25, 0.3) is 5.91 Å². The number of primary amides is 1. The average molecular weight is 170 g/mol. The first-order chi connectivity index (χ1) is 5.37. The van der Waals surface area contributed by atoms with E-state index in [0.717, 1.165) is 0 Å². The van der Waals surface area contributed by atoms with E-state index in [9.17, 15) is 9.59 Å². The van der Waals surface area contributed by atoms with E-state index in [-0.39, 0.29) is 23.0 Å². The fraction of sp³-hybridized carbons (Fsp3) is 0.500. The number of carbonyl (C=O) groups is 2. The molecule has 0 rings (SSSR count). The van der Waals surface area contributed by atoms with Crippen LogP contribution in [-0.2, 0) is 9.59 Å². The quantitative estimate of drug-likeness (QED) is 0.581. The monoisotopic (exact) mass is 170 g/mol. The Morgan fingerprint density at radius 2 is 1.58 bits per heavy atom. The second-order valence-corrected chi connectivity index (χ2v) is 2.92. The molecule has 0 aliphatic rings. The predicted molar refractivity (Wildman–Crippen MR) is 45.9 cm³/mol. The van der Waals surface area contributed by atoms with Crippen molar-refractivity contribution in [3.05, 3.63) is 11.3 Å². The highest BCUT2D eigenvalue weighted by Gasteiger charge is 2.14. The fourth-order valence-corrected chi connectivity index (χ4v) is 0.751. The van der Waals surface area contributed by atoms with Gasteiger partial charge in [0.2, 0.25) is 0 Å². The Morgan fingerprint density at radius 1 is 1.17 bits per heavy atom. The molecule has 0 aromatic carbocycles. The molecule has 1 amide bonds. The van der Waals surface area contributed by atoms with Gasteiger partial charge < -0.3 is 11.5 Å². The SMILES string of the molecule is CC(C(=O)C(C)C)=C(N)C(N)=O. The topological polar surface area (TPSA) is 86.2 Å². The first-order valence-electron chi connectivity index (χ1n) is 3.68. The maximum absolute atomic E-state index is 11.2. The summed E-state index contributed by atoms with van der Waals surface area (Å²) in [5.74, 6) is -1.06. The number of rotatable bonds is 3. The summed E-state index contributed by atoms with van der Waals surface area (Å²) in [7, 11) is 0. The number of allylic oxidation sites excluding steroid dienone is 1. The molecule has 12 heavy (non-hydrogen) atoms. The molecule has 4 N–H and O–H groups in total. The molecule has 0 saturated heterocycles. The van der Waals surface area contributed by atoms with Gasteiger partial charge in [0.1, 0.15) is 5.70 Å². The van der Waals surface area contributed by atoms with E-state index >= 15 is 0 Å². The molecule has 0 aromatic heterocycles. The van der Waals surface area contributed by atoms with E-state index in [1.165, 1.54) is 6.92 Å². The normalized spacial score (nSPS) is 12.7. The van der Waals surface area contributed by atoms with Gasteiger partial charge in [-0.3, -0.25) is 9.59 Å². The smallest absolute Gasteiger partial charge is 0.264 e. The van der Waals surface area contributed by atoms with E-state index in [0.29, 0.717) is 0 Å². The third-order valence-corrected chi connectivity index (χ3v) is 1.56. The lowest BCUT2D eigenvalue weighted by Crippen LogP contribution is -2.25. The first-order valence-corrected chi connectivity index (χ1v) is 3.68. The summed E-state index contributed by atoms with van der Waals surface area (Å²) >= 11 is 0. The molecular weight excluding hydrogens is 156 g/mol.